The van der Waals surface area contributed by atoms with Crippen LogP contribution in [0, 0.1) is 5.82 Å². The monoisotopic (exact) mass is 241 g/mol. The van der Waals surface area contributed by atoms with Crippen molar-refractivity contribution in [3.63, 3.8) is 0 Å². The van der Waals surface area contributed by atoms with E-state index in [4.69, 9.17) is 9.84 Å². The van der Waals surface area contributed by atoms with Crippen LogP contribution < -0.4 is 10.1 Å². The number of nitrogens with one attached hydrogen (secondary N) is 1. The molecule has 1 amide bonds. The molecule has 0 saturated carbocycles. The molecule has 0 fully saturated rings. The Kier molecular flexibility index (Phi) is 4.90. The Morgan fingerprint density at radius 1 is 1.53 bits per heavy atom. The molecule has 1 aromatic rings. The topological polar surface area (TPSA) is 58.6 Å². The Hall–Kier alpha value is -1.62. The zero-order valence-corrected chi connectivity index (χ0v) is 9.81. The van der Waals surface area contributed by atoms with Crippen molar-refractivity contribution in [2.75, 3.05) is 6.54 Å². The summed E-state index contributed by atoms with van der Waals surface area (Å²) in [4.78, 5) is 11.1. The van der Waals surface area contributed by atoms with E-state index in [2.05, 4.69) is 5.32 Å². The molecular weight excluding hydrogens is 225 g/mol. The van der Waals surface area contributed by atoms with E-state index in [0.29, 0.717) is 5.75 Å². The van der Waals surface area contributed by atoms with Gasteiger partial charge < -0.3 is 15.2 Å². The van der Waals surface area contributed by atoms with Gasteiger partial charge in [-0.3, -0.25) is 4.79 Å². The number of carbonyl (C=O) groups is 1. The van der Waals surface area contributed by atoms with Gasteiger partial charge >= 0.3 is 0 Å². The molecular formula is C12H16FNO3. The van der Waals surface area contributed by atoms with Crippen molar-refractivity contribution in [3.8, 4) is 5.75 Å². The molecule has 17 heavy (non-hydrogen) atoms. The fraction of sp³-hybridized carbons (Fsp3) is 0.417. The van der Waals surface area contributed by atoms with Gasteiger partial charge in [0.15, 0.2) is 0 Å². The first-order valence-corrected chi connectivity index (χ1v) is 5.37. The number of aliphatic hydroxyl groups excluding tert-OH is 1. The highest BCUT2D eigenvalue weighted by Crippen LogP contribution is 2.13. The Bertz CT molecular complexity index is 382. The molecule has 0 aliphatic carbocycles. The molecule has 2 atom stereocenters. The molecule has 0 radical (unpaired) electrons. The molecule has 0 aliphatic heterocycles. The van der Waals surface area contributed by atoms with Gasteiger partial charge in [0, 0.05) is 6.07 Å². The van der Waals surface area contributed by atoms with Gasteiger partial charge in [-0.25, -0.2) is 4.39 Å². The van der Waals surface area contributed by atoms with Crippen LogP contribution >= 0.6 is 0 Å². The van der Waals surface area contributed by atoms with Crippen LogP contribution in [0.4, 0.5) is 4.39 Å². The third-order valence-corrected chi connectivity index (χ3v) is 2.08. The molecule has 4 nitrogen and oxygen atoms in total. The zero-order valence-electron chi connectivity index (χ0n) is 9.81. The maximum absolute atomic E-state index is 12.9. The standard InChI is InChI=1S/C12H16FNO3/c1-8(7-14-12(16)9(2)15)17-11-5-3-4-10(13)6-11/h3-6,8-9,15H,7H2,1-2H3,(H,14,16). The van der Waals surface area contributed by atoms with Crippen LogP contribution in [-0.2, 0) is 4.79 Å². The van der Waals surface area contributed by atoms with Crippen molar-refractivity contribution < 1.29 is 19.0 Å². The highest BCUT2D eigenvalue weighted by atomic mass is 19.1. The van der Waals surface area contributed by atoms with E-state index in [1.807, 2.05) is 0 Å². The summed E-state index contributed by atoms with van der Waals surface area (Å²) in [5, 5.41) is 11.5. The van der Waals surface area contributed by atoms with Crippen LogP contribution in [0.25, 0.3) is 0 Å². The fourth-order valence-electron chi connectivity index (χ4n) is 1.21. The number of aliphatic hydroxyl groups is 1. The van der Waals surface area contributed by atoms with Gasteiger partial charge in [0.25, 0.3) is 0 Å². The van der Waals surface area contributed by atoms with Crippen molar-refractivity contribution in [2.45, 2.75) is 26.1 Å². The molecule has 0 heterocycles. The average molecular weight is 241 g/mol. The second kappa shape index (κ2) is 6.20. The Morgan fingerprint density at radius 3 is 2.82 bits per heavy atom. The van der Waals surface area contributed by atoms with E-state index < -0.39 is 12.0 Å². The second-order valence-electron chi connectivity index (χ2n) is 3.81. The maximum atomic E-state index is 12.9. The van der Waals surface area contributed by atoms with Gasteiger partial charge in [-0.2, -0.15) is 0 Å². The van der Waals surface area contributed by atoms with E-state index in [0.717, 1.165) is 0 Å². The molecule has 0 bridgehead atoms. The molecule has 2 N–H and O–H groups in total. The molecule has 94 valence electrons. The van der Waals surface area contributed by atoms with Gasteiger partial charge in [0.1, 0.15) is 23.8 Å². The number of rotatable bonds is 5. The predicted octanol–water partition coefficient (Wildman–Crippen LogP) is 1.09. The number of hydrogen-bond donors (Lipinski definition) is 2. The van der Waals surface area contributed by atoms with E-state index in [9.17, 15) is 9.18 Å². The lowest BCUT2D eigenvalue weighted by Crippen LogP contribution is -2.38. The molecule has 0 spiro atoms. The van der Waals surface area contributed by atoms with Crippen molar-refractivity contribution >= 4 is 5.91 Å². The van der Waals surface area contributed by atoms with Crippen LogP contribution in [0.3, 0.4) is 0 Å². The molecule has 0 aliphatic rings. The summed E-state index contributed by atoms with van der Waals surface area (Å²) in [6.07, 6.45) is -1.35. The zero-order chi connectivity index (χ0) is 12.8. The predicted molar refractivity (Wildman–Crippen MR) is 61.2 cm³/mol. The van der Waals surface area contributed by atoms with Gasteiger partial charge in [-0.1, -0.05) is 6.07 Å². The van der Waals surface area contributed by atoms with Crippen molar-refractivity contribution in [1.82, 2.24) is 5.32 Å². The lowest BCUT2D eigenvalue weighted by Gasteiger charge is -2.16. The second-order valence-corrected chi connectivity index (χ2v) is 3.81. The molecule has 1 rings (SSSR count). The van der Waals surface area contributed by atoms with E-state index >= 15 is 0 Å². The van der Waals surface area contributed by atoms with Crippen molar-refractivity contribution in [1.29, 1.82) is 0 Å². The first kappa shape index (κ1) is 13.4. The lowest BCUT2D eigenvalue weighted by molar-refractivity contribution is -0.128. The SMILES string of the molecule is CC(CNC(=O)C(C)O)Oc1cccc(F)c1. The average Bonchev–Trinajstić information content (AvgIpc) is 2.25. The molecule has 0 saturated heterocycles. The summed E-state index contributed by atoms with van der Waals surface area (Å²) >= 11 is 0. The largest absolute Gasteiger partial charge is 0.489 e. The summed E-state index contributed by atoms with van der Waals surface area (Å²) in [7, 11) is 0. The minimum absolute atomic E-state index is 0.250. The van der Waals surface area contributed by atoms with Crippen LogP contribution in [0.2, 0.25) is 0 Å². The number of benzene rings is 1. The number of ether oxygens (including phenoxy) is 1. The van der Waals surface area contributed by atoms with Crippen LogP contribution in [0.1, 0.15) is 13.8 Å². The fourth-order valence-corrected chi connectivity index (χ4v) is 1.21. The number of hydrogen-bond acceptors (Lipinski definition) is 3. The molecule has 0 aromatic heterocycles. The molecule has 1 aromatic carbocycles. The van der Waals surface area contributed by atoms with Gasteiger partial charge in [0.05, 0.1) is 6.54 Å². The van der Waals surface area contributed by atoms with Crippen molar-refractivity contribution in [2.24, 2.45) is 0 Å². The smallest absolute Gasteiger partial charge is 0.248 e. The molecule has 2 unspecified atom stereocenters. The lowest BCUT2D eigenvalue weighted by atomic mass is 10.3. The third kappa shape index (κ3) is 4.82. The minimum Gasteiger partial charge on any atom is -0.489 e. The summed E-state index contributed by atoms with van der Waals surface area (Å²) in [6.45, 7) is 3.38. The van der Waals surface area contributed by atoms with Gasteiger partial charge in [0.2, 0.25) is 5.91 Å². The van der Waals surface area contributed by atoms with E-state index in [1.165, 1.54) is 19.1 Å². The quantitative estimate of drug-likeness (QED) is 0.811. The Balaban J connectivity index is 2.39. The summed E-state index contributed by atoms with van der Waals surface area (Å²) in [5.41, 5.74) is 0. The van der Waals surface area contributed by atoms with Gasteiger partial charge in [-0.05, 0) is 26.0 Å². The van der Waals surface area contributed by atoms with Crippen LogP contribution in [-0.4, -0.2) is 29.8 Å². The molecule has 5 heteroatoms. The van der Waals surface area contributed by atoms with Gasteiger partial charge in [-0.15, -0.1) is 0 Å². The van der Waals surface area contributed by atoms with E-state index in [-0.39, 0.29) is 18.5 Å². The maximum Gasteiger partial charge on any atom is 0.248 e. The number of carbonyl (C=O) groups excluding carboxylic acids is 1. The summed E-state index contributed by atoms with van der Waals surface area (Å²) in [5.74, 6) is -0.425. The Morgan fingerprint density at radius 2 is 2.24 bits per heavy atom. The summed E-state index contributed by atoms with van der Waals surface area (Å²) in [6, 6.07) is 5.78. The van der Waals surface area contributed by atoms with Crippen LogP contribution in [0.5, 0.6) is 5.75 Å². The third-order valence-electron chi connectivity index (χ3n) is 2.08. The highest BCUT2D eigenvalue weighted by molar-refractivity contribution is 5.79. The normalized spacial score (nSPS) is 13.9. The highest BCUT2D eigenvalue weighted by Gasteiger charge is 2.10. The van der Waals surface area contributed by atoms with Crippen LogP contribution in [0.15, 0.2) is 24.3 Å². The summed E-state index contributed by atoms with van der Waals surface area (Å²) < 4.78 is 18.2. The van der Waals surface area contributed by atoms with Crippen molar-refractivity contribution in [3.05, 3.63) is 30.1 Å². The first-order valence-electron chi connectivity index (χ1n) is 5.37. The number of amides is 1. The number of halogens is 1. The first-order chi connectivity index (χ1) is 7.99. The van der Waals surface area contributed by atoms with E-state index in [1.54, 1.807) is 19.1 Å². The minimum atomic E-state index is -1.05. The Labute approximate surface area is 99.4 Å².